The van der Waals surface area contributed by atoms with E-state index in [0.29, 0.717) is 24.1 Å². The molecule has 0 unspecified atom stereocenters. The minimum Gasteiger partial charge on any atom is -0.407 e. The van der Waals surface area contributed by atoms with Crippen LogP contribution in [-0.2, 0) is 26.1 Å². The molecule has 0 spiro atoms. The topological polar surface area (TPSA) is 125 Å². The Hall–Kier alpha value is -2.89. The van der Waals surface area contributed by atoms with Crippen LogP contribution in [0.1, 0.15) is 24.8 Å². The summed E-state index contributed by atoms with van der Waals surface area (Å²) in [5.41, 5.74) is 0.995. The Bertz CT molecular complexity index is 1190. The maximum atomic E-state index is 13.4. The van der Waals surface area contributed by atoms with E-state index < -0.39 is 38.9 Å². The molecule has 1 saturated heterocycles. The quantitative estimate of drug-likeness (QED) is 0.505. The van der Waals surface area contributed by atoms with E-state index in [9.17, 15) is 27.5 Å². The summed E-state index contributed by atoms with van der Waals surface area (Å²) in [6.07, 6.45) is -0.0428. The van der Waals surface area contributed by atoms with E-state index in [2.05, 4.69) is 10.0 Å². The van der Waals surface area contributed by atoms with E-state index in [1.807, 2.05) is 0 Å². The van der Waals surface area contributed by atoms with Crippen molar-refractivity contribution in [3.63, 3.8) is 0 Å². The molecule has 0 radical (unpaired) electrons. The predicted molar refractivity (Wildman–Crippen MR) is 119 cm³/mol. The first-order chi connectivity index (χ1) is 15.6. The fourth-order valence-corrected chi connectivity index (χ4v) is 5.09. The van der Waals surface area contributed by atoms with E-state index in [4.69, 9.17) is 16.3 Å². The second-order valence-corrected chi connectivity index (χ2v) is 10.3. The molecule has 2 aromatic rings. The third-order valence-corrected chi connectivity index (χ3v) is 7.34. The van der Waals surface area contributed by atoms with Gasteiger partial charge in [0.2, 0.25) is 10.0 Å². The van der Waals surface area contributed by atoms with Crippen LogP contribution in [0.3, 0.4) is 0 Å². The van der Waals surface area contributed by atoms with Crippen LogP contribution >= 0.6 is 11.6 Å². The van der Waals surface area contributed by atoms with Gasteiger partial charge in [0, 0.05) is 30.2 Å². The minimum atomic E-state index is -3.48. The molecule has 176 valence electrons. The summed E-state index contributed by atoms with van der Waals surface area (Å²) in [7, 11) is -3.48. The minimum absolute atomic E-state index is 0.0426. The summed E-state index contributed by atoms with van der Waals surface area (Å²) in [5, 5.41) is 12.7. The number of sulfonamides is 1. The molecule has 1 aliphatic heterocycles. The number of aliphatic hydroxyl groups is 1. The molecule has 2 aliphatic rings. The second-order valence-electron chi connectivity index (χ2n) is 7.91. The molecular formula is C21H21ClFN3O6S. The number of nitrogens with one attached hydrogen (secondary N) is 2. The van der Waals surface area contributed by atoms with Crippen LogP contribution in [0.5, 0.6) is 0 Å². The summed E-state index contributed by atoms with van der Waals surface area (Å²) in [6, 6.07) is 9.91. The Morgan fingerprint density at radius 1 is 1.27 bits per heavy atom. The molecule has 9 nitrogen and oxygen atoms in total. The van der Waals surface area contributed by atoms with Crippen LogP contribution in [0.4, 0.5) is 20.6 Å². The van der Waals surface area contributed by atoms with E-state index in [1.165, 1.54) is 23.1 Å². The molecule has 1 saturated carbocycles. The second kappa shape index (κ2) is 8.81. The Labute approximate surface area is 194 Å². The van der Waals surface area contributed by atoms with Gasteiger partial charge in [-0.15, -0.1) is 0 Å². The number of alkyl carbamates (subject to hydrolysis) is 1. The van der Waals surface area contributed by atoms with Crippen molar-refractivity contribution in [2.24, 2.45) is 0 Å². The van der Waals surface area contributed by atoms with Crippen LogP contribution in [0.25, 0.3) is 0 Å². The summed E-state index contributed by atoms with van der Waals surface area (Å²) < 4.78 is 45.2. The monoisotopic (exact) mass is 497 g/mol. The normalized spacial score (nSPS) is 20.6. The van der Waals surface area contributed by atoms with Gasteiger partial charge in [0.15, 0.2) is 0 Å². The van der Waals surface area contributed by atoms with Crippen molar-refractivity contribution >= 4 is 45.0 Å². The van der Waals surface area contributed by atoms with Gasteiger partial charge in [-0.25, -0.2) is 17.6 Å². The lowest BCUT2D eigenvalue weighted by Crippen LogP contribution is -2.46. The van der Waals surface area contributed by atoms with Gasteiger partial charge in [-0.3, -0.25) is 9.52 Å². The zero-order chi connectivity index (χ0) is 23.8. The SMILES string of the molecule is O=C(NCc1cc(F)cc(Cl)c1)O[C@@]1(O)CCN(c2cccc(NS(=O)(=O)C3CC3)c2)C1=O. The van der Waals surface area contributed by atoms with Crippen LogP contribution in [0.15, 0.2) is 42.5 Å². The zero-order valence-electron chi connectivity index (χ0n) is 17.3. The molecule has 1 atom stereocenters. The van der Waals surface area contributed by atoms with Crippen LogP contribution < -0.4 is 14.9 Å². The highest BCUT2D eigenvalue weighted by molar-refractivity contribution is 7.93. The molecule has 12 heteroatoms. The van der Waals surface area contributed by atoms with Crippen molar-refractivity contribution in [2.75, 3.05) is 16.2 Å². The summed E-state index contributed by atoms with van der Waals surface area (Å²) in [5.74, 6) is -3.84. The molecule has 1 heterocycles. The average Bonchev–Trinajstić information content (AvgIpc) is 3.54. The summed E-state index contributed by atoms with van der Waals surface area (Å²) in [6.45, 7) is -0.0889. The van der Waals surface area contributed by atoms with Gasteiger partial charge >= 0.3 is 6.09 Å². The number of nitrogens with zero attached hydrogens (tertiary/aromatic N) is 1. The van der Waals surface area contributed by atoms with Crippen molar-refractivity contribution in [3.8, 4) is 0 Å². The highest BCUT2D eigenvalue weighted by Crippen LogP contribution is 2.33. The molecule has 1 aliphatic carbocycles. The van der Waals surface area contributed by atoms with Gasteiger partial charge in [0.1, 0.15) is 5.82 Å². The number of hydrogen-bond donors (Lipinski definition) is 3. The molecule has 0 bridgehead atoms. The molecule has 3 N–H and O–H groups in total. The van der Waals surface area contributed by atoms with Gasteiger partial charge in [-0.2, -0.15) is 0 Å². The lowest BCUT2D eigenvalue weighted by molar-refractivity contribution is -0.175. The van der Waals surface area contributed by atoms with Crippen molar-refractivity contribution in [2.45, 2.75) is 36.8 Å². The number of benzene rings is 2. The van der Waals surface area contributed by atoms with Gasteiger partial charge < -0.3 is 20.1 Å². The number of hydrogen-bond acceptors (Lipinski definition) is 6. The van der Waals surface area contributed by atoms with E-state index >= 15 is 0 Å². The highest BCUT2D eigenvalue weighted by Gasteiger charge is 2.49. The molecule has 33 heavy (non-hydrogen) atoms. The van der Waals surface area contributed by atoms with Crippen LogP contribution in [0.2, 0.25) is 5.02 Å². The molecule has 4 rings (SSSR count). The maximum absolute atomic E-state index is 13.4. The first kappa shape index (κ1) is 23.3. The van der Waals surface area contributed by atoms with Crippen LogP contribution in [-0.4, -0.2) is 43.1 Å². The number of carbonyl (C=O) groups excluding carboxylic acids is 2. The van der Waals surface area contributed by atoms with E-state index in [0.717, 1.165) is 6.07 Å². The smallest absolute Gasteiger partial charge is 0.407 e. The highest BCUT2D eigenvalue weighted by atomic mass is 35.5. The van der Waals surface area contributed by atoms with Gasteiger partial charge in [-0.1, -0.05) is 17.7 Å². The number of anilines is 2. The molecule has 2 fully saturated rings. The molecule has 2 aromatic carbocycles. The number of halogens is 2. The predicted octanol–water partition coefficient (Wildman–Crippen LogP) is 2.73. The van der Waals surface area contributed by atoms with Crippen molar-refractivity contribution in [1.82, 2.24) is 5.32 Å². The van der Waals surface area contributed by atoms with E-state index in [1.54, 1.807) is 18.2 Å². The van der Waals surface area contributed by atoms with Gasteiger partial charge in [0.25, 0.3) is 11.7 Å². The Kier molecular flexibility index (Phi) is 6.21. The van der Waals surface area contributed by atoms with Gasteiger partial charge in [-0.05, 0) is 54.8 Å². The number of amides is 2. The number of ether oxygens (including phenoxy) is 1. The Morgan fingerprint density at radius 2 is 2.03 bits per heavy atom. The molecular weight excluding hydrogens is 477 g/mol. The Balaban J connectivity index is 1.39. The lowest BCUT2D eigenvalue weighted by Gasteiger charge is -2.23. The first-order valence-corrected chi connectivity index (χ1v) is 12.1. The van der Waals surface area contributed by atoms with Gasteiger partial charge in [0.05, 0.1) is 10.9 Å². The third-order valence-electron chi connectivity index (χ3n) is 5.26. The van der Waals surface area contributed by atoms with Crippen molar-refractivity contribution in [1.29, 1.82) is 0 Å². The molecule has 0 aromatic heterocycles. The first-order valence-electron chi connectivity index (χ1n) is 10.1. The zero-order valence-corrected chi connectivity index (χ0v) is 18.8. The molecule has 2 amide bonds. The summed E-state index contributed by atoms with van der Waals surface area (Å²) in [4.78, 5) is 26.2. The van der Waals surface area contributed by atoms with Crippen LogP contribution in [0, 0.1) is 5.82 Å². The maximum Gasteiger partial charge on any atom is 0.410 e. The Morgan fingerprint density at radius 3 is 2.73 bits per heavy atom. The third kappa shape index (κ3) is 5.37. The summed E-state index contributed by atoms with van der Waals surface area (Å²) >= 11 is 5.77. The number of carbonyl (C=O) groups is 2. The average molecular weight is 498 g/mol. The number of rotatable bonds is 7. The largest absolute Gasteiger partial charge is 0.410 e. The standard InChI is InChI=1S/C21H21ClFN3O6S/c22-14-8-13(9-15(23)10-14)12-24-20(28)32-21(29)6-7-26(19(21)27)17-3-1-2-16(11-17)25-33(30,31)18-4-5-18/h1-3,8-11,18,25,29H,4-7,12H2,(H,24,28)/t21-/m0/s1. The fraction of sp³-hybridized carbons (Fsp3) is 0.333. The van der Waals surface area contributed by atoms with E-state index in [-0.39, 0.29) is 30.2 Å². The lowest BCUT2D eigenvalue weighted by atomic mass is 10.2. The fourth-order valence-electron chi connectivity index (χ4n) is 3.46. The van der Waals surface area contributed by atoms with Crippen molar-refractivity contribution < 1.29 is 32.2 Å². The van der Waals surface area contributed by atoms with Crippen molar-refractivity contribution in [3.05, 3.63) is 58.9 Å².